The minimum Gasteiger partial charge on any atom is -0.504 e. The normalized spacial score (nSPS) is 25.8. The van der Waals surface area contributed by atoms with E-state index in [2.05, 4.69) is 12.2 Å². The lowest BCUT2D eigenvalue weighted by atomic mass is 9.79. The fraction of sp³-hybridized carbons (Fsp3) is 0.625. The van der Waals surface area contributed by atoms with Crippen molar-refractivity contribution in [1.82, 2.24) is 5.32 Å². The predicted molar refractivity (Wildman–Crippen MR) is 84.0 cm³/mol. The molecule has 0 aliphatic heterocycles. The van der Waals surface area contributed by atoms with E-state index in [9.17, 15) is 10.2 Å². The molecule has 0 heterocycles. The van der Waals surface area contributed by atoms with Gasteiger partial charge >= 0.3 is 0 Å². The molecule has 1 fully saturated rings. The van der Waals surface area contributed by atoms with Crippen LogP contribution in [0.25, 0.3) is 0 Å². The van der Waals surface area contributed by atoms with Crippen LogP contribution in [0.1, 0.15) is 38.2 Å². The van der Waals surface area contributed by atoms with E-state index in [0.29, 0.717) is 35.3 Å². The van der Waals surface area contributed by atoms with Crippen LogP contribution in [0.4, 0.5) is 0 Å². The van der Waals surface area contributed by atoms with Crippen LogP contribution in [0.15, 0.2) is 12.1 Å². The Morgan fingerprint density at radius 1 is 1.38 bits per heavy atom. The summed E-state index contributed by atoms with van der Waals surface area (Å²) in [6.07, 6.45) is 3.78. The average Bonchev–Trinajstić information content (AvgIpc) is 2.46. The maximum Gasteiger partial charge on any atom is 0.162 e. The van der Waals surface area contributed by atoms with Crippen molar-refractivity contribution in [3.63, 3.8) is 0 Å². The van der Waals surface area contributed by atoms with E-state index in [0.717, 1.165) is 25.7 Å². The molecule has 0 bridgehead atoms. The smallest absolute Gasteiger partial charge is 0.162 e. The number of hydrogen-bond acceptors (Lipinski definition) is 4. The van der Waals surface area contributed by atoms with Crippen LogP contribution in [0.3, 0.4) is 0 Å². The van der Waals surface area contributed by atoms with E-state index in [1.54, 1.807) is 12.1 Å². The molecular formula is C16H24ClNO3. The number of ether oxygens (including phenoxy) is 1. The lowest BCUT2D eigenvalue weighted by molar-refractivity contribution is -0.00633. The van der Waals surface area contributed by atoms with Crippen molar-refractivity contribution in [3.05, 3.63) is 22.7 Å². The molecule has 0 saturated heterocycles. The number of phenols is 1. The van der Waals surface area contributed by atoms with E-state index in [1.165, 1.54) is 7.11 Å². The van der Waals surface area contributed by atoms with Crippen LogP contribution in [-0.4, -0.2) is 29.5 Å². The molecule has 4 nitrogen and oxygen atoms in total. The summed E-state index contributed by atoms with van der Waals surface area (Å²) in [5.74, 6) is 1.16. The van der Waals surface area contributed by atoms with E-state index in [4.69, 9.17) is 16.3 Å². The molecule has 118 valence electrons. The monoisotopic (exact) mass is 313 g/mol. The van der Waals surface area contributed by atoms with Gasteiger partial charge in [-0.15, -0.1) is 0 Å². The molecule has 5 heteroatoms. The summed E-state index contributed by atoms with van der Waals surface area (Å²) in [4.78, 5) is 0. The molecule has 0 unspecified atom stereocenters. The highest BCUT2D eigenvalue weighted by Gasteiger charge is 2.31. The molecule has 0 aromatic heterocycles. The third-order valence-corrected chi connectivity index (χ3v) is 4.53. The highest BCUT2D eigenvalue weighted by molar-refractivity contribution is 6.30. The van der Waals surface area contributed by atoms with E-state index >= 15 is 0 Å². The summed E-state index contributed by atoms with van der Waals surface area (Å²) in [5.41, 5.74) is 0.0391. The Kier molecular flexibility index (Phi) is 5.36. The Morgan fingerprint density at radius 2 is 2.05 bits per heavy atom. The summed E-state index contributed by atoms with van der Waals surface area (Å²) >= 11 is 6.00. The van der Waals surface area contributed by atoms with Gasteiger partial charge in [-0.3, -0.25) is 0 Å². The molecule has 1 aliphatic rings. The van der Waals surface area contributed by atoms with Crippen LogP contribution >= 0.6 is 11.6 Å². The van der Waals surface area contributed by atoms with E-state index < -0.39 is 5.60 Å². The van der Waals surface area contributed by atoms with Gasteiger partial charge in [0, 0.05) is 29.7 Å². The van der Waals surface area contributed by atoms with Gasteiger partial charge in [-0.05, 0) is 37.7 Å². The van der Waals surface area contributed by atoms with Gasteiger partial charge in [-0.1, -0.05) is 18.5 Å². The Hall–Kier alpha value is -0.970. The predicted octanol–water partition coefficient (Wildman–Crippen LogP) is 3.09. The summed E-state index contributed by atoms with van der Waals surface area (Å²) in [5, 5.41) is 24.3. The number of aromatic hydroxyl groups is 1. The number of hydrogen-bond donors (Lipinski definition) is 3. The van der Waals surface area contributed by atoms with Crippen LogP contribution in [0.2, 0.25) is 5.02 Å². The zero-order valence-electron chi connectivity index (χ0n) is 12.7. The third-order valence-electron chi connectivity index (χ3n) is 4.31. The second-order valence-corrected chi connectivity index (χ2v) is 6.56. The number of phenolic OH excluding ortho intramolecular Hbond substituents is 1. The summed E-state index contributed by atoms with van der Waals surface area (Å²) in [7, 11) is 1.49. The van der Waals surface area contributed by atoms with Crippen molar-refractivity contribution in [2.75, 3.05) is 13.7 Å². The summed E-state index contributed by atoms with van der Waals surface area (Å²) in [6.45, 7) is 3.19. The van der Waals surface area contributed by atoms with E-state index in [-0.39, 0.29) is 5.75 Å². The number of benzene rings is 1. The lowest BCUT2D eigenvalue weighted by Crippen LogP contribution is -2.43. The maximum absolute atomic E-state index is 10.5. The van der Waals surface area contributed by atoms with Gasteiger partial charge < -0.3 is 20.3 Å². The van der Waals surface area contributed by atoms with Gasteiger partial charge in [0.2, 0.25) is 0 Å². The Labute approximate surface area is 131 Å². The van der Waals surface area contributed by atoms with Crippen molar-refractivity contribution in [2.24, 2.45) is 5.92 Å². The largest absolute Gasteiger partial charge is 0.504 e. The van der Waals surface area contributed by atoms with Crippen LogP contribution in [0.5, 0.6) is 11.5 Å². The molecular weight excluding hydrogens is 290 g/mol. The minimum atomic E-state index is -0.634. The van der Waals surface area contributed by atoms with Crippen LogP contribution in [-0.2, 0) is 6.54 Å². The zero-order chi connectivity index (χ0) is 15.5. The standard InChI is InChI=1S/C16H24ClNO3/c1-11-3-5-16(20,6-4-11)10-18-9-12-7-13(17)8-14(21-2)15(12)19/h7-8,11,18-20H,3-6,9-10H2,1-2H3. The Balaban J connectivity index is 1.93. The highest BCUT2D eigenvalue weighted by Crippen LogP contribution is 2.34. The molecule has 1 aromatic rings. The number of nitrogens with one attached hydrogen (secondary N) is 1. The molecule has 1 aromatic carbocycles. The van der Waals surface area contributed by atoms with E-state index in [1.807, 2.05) is 0 Å². The third kappa shape index (κ3) is 4.25. The van der Waals surface area contributed by atoms with Gasteiger partial charge in [0.05, 0.1) is 12.7 Å². The molecule has 0 amide bonds. The molecule has 1 saturated carbocycles. The van der Waals surface area contributed by atoms with Gasteiger partial charge in [0.1, 0.15) is 0 Å². The van der Waals surface area contributed by atoms with Crippen LogP contribution < -0.4 is 10.1 Å². The topological polar surface area (TPSA) is 61.7 Å². The first-order valence-corrected chi connectivity index (χ1v) is 7.80. The molecule has 0 atom stereocenters. The molecule has 0 spiro atoms. The van der Waals surface area contributed by atoms with Crippen molar-refractivity contribution in [2.45, 2.75) is 44.8 Å². The quantitative estimate of drug-likeness (QED) is 0.782. The Bertz CT molecular complexity index is 485. The molecule has 0 radical (unpaired) electrons. The highest BCUT2D eigenvalue weighted by atomic mass is 35.5. The summed E-state index contributed by atoms with van der Waals surface area (Å²) in [6, 6.07) is 3.29. The van der Waals surface area contributed by atoms with Gasteiger partial charge in [0.15, 0.2) is 11.5 Å². The van der Waals surface area contributed by atoms with Gasteiger partial charge in [0.25, 0.3) is 0 Å². The van der Waals surface area contributed by atoms with Crippen molar-refractivity contribution in [1.29, 1.82) is 0 Å². The fourth-order valence-electron chi connectivity index (χ4n) is 2.82. The second-order valence-electron chi connectivity index (χ2n) is 6.13. The SMILES string of the molecule is COc1cc(Cl)cc(CNCC2(O)CCC(C)CC2)c1O. The lowest BCUT2D eigenvalue weighted by Gasteiger charge is -2.35. The number of methoxy groups -OCH3 is 1. The zero-order valence-corrected chi connectivity index (χ0v) is 13.4. The van der Waals surface area contributed by atoms with Gasteiger partial charge in [-0.2, -0.15) is 0 Å². The minimum absolute atomic E-state index is 0.0960. The molecule has 2 rings (SSSR count). The van der Waals surface area contributed by atoms with Crippen molar-refractivity contribution in [3.8, 4) is 11.5 Å². The summed E-state index contributed by atoms with van der Waals surface area (Å²) < 4.78 is 5.08. The second kappa shape index (κ2) is 6.86. The fourth-order valence-corrected chi connectivity index (χ4v) is 3.06. The number of aliphatic hydroxyl groups is 1. The first-order chi connectivity index (χ1) is 9.93. The molecule has 1 aliphatic carbocycles. The molecule has 3 N–H and O–H groups in total. The first kappa shape index (κ1) is 16.4. The maximum atomic E-state index is 10.5. The average molecular weight is 314 g/mol. The van der Waals surface area contributed by atoms with Gasteiger partial charge in [-0.25, -0.2) is 0 Å². The number of halogens is 1. The van der Waals surface area contributed by atoms with Crippen molar-refractivity contribution < 1.29 is 14.9 Å². The molecule has 21 heavy (non-hydrogen) atoms. The number of rotatable bonds is 5. The van der Waals surface area contributed by atoms with Crippen LogP contribution in [0, 0.1) is 5.92 Å². The van der Waals surface area contributed by atoms with Crippen molar-refractivity contribution >= 4 is 11.6 Å². The first-order valence-electron chi connectivity index (χ1n) is 7.42. The Morgan fingerprint density at radius 3 is 2.67 bits per heavy atom.